The number of carbonyl (C=O) groups excluding carboxylic acids is 1. The minimum absolute atomic E-state index is 0.0295. The fraction of sp³-hybridized carbons (Fsp3) is 0.400. The molecule has 0 aliphatic heterocycles. The molecule has 0 saturated heterocycles. The number of rotatable bonds is 3. The predicted octanol–water partition coefficient (Wildman–Crippen LogP) is -0.402. The Morgan fingerprint density at radius 1 is 1.64 bits per heavy atom. The minimum atomic E-state index is -3.81. The Kier molecular flexibility index (Phi) is 3.54. The molecule has 0 unspecified atom stereocenters. The third-order valence-electron chi connectivity index (χ3n) is 0.929. The Labute approximate surface area is 64.7 Å². The average Bonchev–Trinajstić information content (AvgIpc) is 1.88. The van der Waals surface area contributed by atoms with Crippen molar-refractivity contribution in [1.29, 1.82) is 5.26 Å². The van der Waals surface area contributed by atoms with Crippen LogP contribution in [0.3, 0.4) is 0 Å². The van der Waals surface area contributed by atoms with Crippen molar-refractivity contribution in [1.82, 2.24) is 0 Å². The maximum absolute atomic E-state index is 10.6. The lowest BCUT2D eigenvalue weighted by atomic mass is 10.4. The van der Waals surface area contributed by atoms with Crippen LogP contribution < -0.4 is 5.73 Å². The number of primary amides is 1. The van der Waals surface area contributed by atoms with E-state index >= 15 is 0 Å². The summed E-state index contributed by atoms with van der Waals surface area (Å²) in [5.41, 5.74) is 4.53. The summed E-state index contributed by atoms with van der Waals surface area (Å²) in [6, 6.07) is 1.64. The molecule has 0 saturated carbocycles. The monoisotopic (exact) mass is 175 g/mol. The highest BCUT2D eigenvalue weighted by Crippen LogP contribution is 1.95. The molecule has 0 rings (SSSR count). The summed E-state index contributed by atoms with van der Waals surface area (Å²) in [7, 11) is -3.81. The van der Waals surface area contributed by atoms with Crippen LogP contribution in [0.15, 0.2) is 0 Å². The highest BCUT2D eigenvalue weighted by atomic mass is 32.2. The topological polar surface area (TPSA) is 101 Å². The molecular weight excluding hydrogens is 168 g/mol. The molecule has 0 aromatic heterocycles. The molecule has 1 amide bonds. The molecule has 0 bridgehead atoms. The molecule has 0 aromatic carbocycles. The van der Waals surface area contributed by atoms with Gasteiger partial charge < -0.3 is 5.73 Å². The second kappa shape index (κ2) is 3.93. The maximum atomic E-state index is 10.6. The van der Waals surface area contributed by atoms with Crippen LogP contribution in [-0.2, 0) is 9.84 Å². The molecule has 1 radical (unpaired) electrons. The van der Waals surface area contributed by atoms with Crippen LogP contribution in [0, 0.1) is 17.8 Å². The summed E-state index contributed by atoms with van der Waals surface area (Å²) >= 11 is 0. The first kappa shape index (κ1) is 9.91. The van der Waals surface area contributed by atoms with Gasteiger partial charge in [0.05, 0.1) is 18.2 Å². The van der Waals surface area contributed by atoms with E-state index in [0.717, 1.165) is 6.42 Å². The van der Waals surface area contributed by atoms with Crippen LogP contribution in [0.25, 0.3) is 0 Å². The predicted molar refractivity (Wildman–Crippen MR) is 37.9 cm³/mol. The van der Waals surface area contributed by atoms with Crippen LogP contribution in [0.5, 0.6) is 0 Å². The summed E-state index contributed by atoms with van der Waals surface area (Å²) in [4.78, 5) is 10.2. The van der Waals surface area contributed by atoms with E-state index < -0.39 is 20.8 Å². The Hall–Kier alpha value is -1.09. The van der Waals surface area contributed by atoms with Gasteiger partial charge in [-0.25, -0.2) is 8.42 Å². The smallest absolute Gasteiger partial charge is 0.333 e. The van der Waals surface area contributed by atoms with Crippen molar-refractivity contribution in [3.8, 4) is 6.07 Å². The lowest BCUT2D eigenvalue weighted by Crippen LogP contribution is -2.24. The van der Waals surface area contributed by atoms with Crippen LogP contribution in [-0.4, -0.2) is 19.4 Å². The Morgan fingerprint density at radius 2 is 2.18 bits per heavy atom. The van der Waals surface area contributed by atoms with Gasteiger partial charge in [0.2, 0.25) is 9.84 Å². The van der Waals surface area contributed by atoms with Crippen LogP contribution >= 0.6 is 0 Å². The van der Waals surface area contributed by atoms with Crippen molar-refractivity contribution in [3.05, 3.63) is 6.42 Å². The molecule has 0 aliphatic carbocycles. The molecule has 0 aromatic rings. The number of amides is 1. The van der Waals surface area contributed by atoms with E-state index in [-0.39, 0.29) is 6.42 Å². The molecule has 6 heteroatoms. The molecule has 2 N–H and O–H groups in total. The quantitative estimate of drug-likeness (QED) is 0.589. The van der Waals surface area contributed by atoms with Crippen molar-refractivity contribution in [2.24, 2.45) is 5.73 Å². The summed E-state index contributed by atoms with van der Waals surface area (Å²) < 4.78 is 21.2. The highest BCUT2D eigenvalue weighted by Gasteiger charge is 2.16. The van der Waals surface area contributed by atoms with E-state index in [2.05, 4.69) is 5.73 Å². The summed E-state index contributed by atoms with van der Waals surface area (Å²) in [6.07, 6.45) is 1.13. The van der Waals surface area contributed by atoms with Gasteiger partial charge in [0.1, 0.15) is 0 Å². The SMILES string of the molecule is N#C[CH]CCS(=O)(=O)C(N)=O. The van der Waals surface area contributed by atoms with Gasteiger partial charge in [-0.1, -0.05) is 0 Å². The van der Waals surface area contributed by atoms with E-state index in [1.807, 2.05) is 0 Å². The van der Waals surface area contributed by atoms with Gasteiger partial charge in [-0.15, -0.1) is 0 Å². The summed E-state index contributed by atoms with van der Waals surface area (Å²) in [5.74, 6) is -0.393. The summed E-state index contributed by atoms with van der Waals surface area (Å²) in [5, 5.41) is 6.64. The van der Waals surface area contributed by atoms with E-state index in [1.54, 1.807) is 6.07 Å². The fourth-order valence-corrected chi connectivity index (χ4v) is 1.01. The first-order valence-corrected chi connectivity index (χ1v) is 4.39. The van der Waals surface area contributed by atoms with E-state index in [1.165, 1.54) is 0 Å². The number of carbonyl (C=O) groups is 1. The Bertz CT molecular complexity index is 275. The molecular formula is C5H7N2O3S. The zero-order chi connectivity index (χ0) is 8.91. The molecule has 11 heavy (non-hydrogen) atoms. The van der Waals surface area contributed by atoms with Crippen molar-refractivity contribution in [2.75, 3.05) is 5.75 Å². The van der Waals surface area contributed by atoms with Crippen LogP contribution in [0.1, 0.15) is 6.42 Å². The number of sulfone groups is 1. The Balaban J connectivity index is 3.98. The van der Waals surface area contributed by atoms with E-state index in [4.69, 9.17) is 5.26 Å². The van der Waals surface area contributed by atoms with Crippen molar-refractivity contribution < 1.29 is 13.2 Å². The number of nitrogens with two attached hydrogens (primary N) is 1. The lowest BCUT2D eigenvalue weighted by molar-refractivity contribution is 0.265. The maximum Gasteiger partial charge on any atom is 0.333 e. The van der Waals surface area contributed by atoms with Gasteiger partial charge in [0.25, 0.3) is 0 Å². The van der Waals surface area contributed by atoms with Crippen molar-refractivity contribution in [2.45, 2.75) is 6.42 Å². The first-order valence-electron chi connectivity index (χ1n) is 2.74. The molecule has 0 atom stereocenters. The molecule has 0 aliphatic rings. The van der Waals surface area contributed by atoms with Gasteiger partial charge in [0, 0.05) is 0 Å². The average molecular weight is 175 g/mol. The number of unbranched alkanes of at least 4 members (excludes halogenated alkanes) is 1. The summed E-state index contributed by atoms with van der Waals surface area (Å²) in [6.45, 7) is 0. The zero-order valence-electron chi connectivity index (χ0n) is 5.65. The zero-order valence-corrected chi connectivity index (χ0v) is 6.47. The number of nitrogens with zero attached hydrogens (tertiary/aromatic N) is 1. The fourth-order valence-electron chi connectivity index (χ4n) is 0.379. The van der Waals surface area contributed by atoms with E-state index in [9.17, 15) is 13.2 Å². The third kappa shape index (κ3) is 3.57. The van der Waals surface area contributed by atoms with Gasteiger partial charge in [-0.05, 0) is 6.42 Å². The van der Waals surface area contributed by atoms with Crippen LogP contribution in [0.4, 0.5) is 4.79 Å². The van der Waals surface area contributed by atoms with Gasteiger partial charge in [0.15, 0.2) is 0 Å². The lowest BCUT2D eigenvalue weighted by Gasteiger charge is -1.94. The van der Waals surface area contributed by atoms with Crippen molar-refractivity contribution >= 4 is 15.1 Å². The minimum Gasteiger partial charge on any atom is -0.356 e. The second-order valence-corrected chi connectivity index (χ2v) is 3.80. The molecule has 61 valence electrons. The molecule has 0 heterocycles. The van der Waals surface area contributed by atoms with Gasteiger partial charge >= 0.3 is 5.24 Å². The normalized spacial score (nSPS) is 10.5. The second-order valence-electron chi connectivity index (χ2n) is 1.76. The molecule has 0 fully saturated rings. The number of hydrogen-bond donors (Lipinski definition) is 1. The highest BCUT2D eigenvalue weighted by molar-refractivity contribution is 8.05. The third-order valence-corrected chi connectivity index (χ3v) is 2.31. The molecule has 0 spiro atoms. The van der Waals surface area contributed by atoms with Crippen LogP contribution in [0.2, 0.25) is 0 Å². The number of nitriles is 1. The Morgan fingerprint density at radius 3 is 2.55 bits per heavy atom. The molecule has 5 nitrogen and oxygen atoms in total. The van der Waals surface area contributed by atoms with Crippen molar-refractivity contribution in [3.63, 3.8) is 0 Å². The first-order chi connectivity index (χ1) is 5.00. The van der Waals surface area contributed by atoms with Gasteiger partial charge in [-0.3, -0.25) is 4.79 Å². The number of hydrogen-bond acceptors (Lipinski definition) is 4. The largest absolute Gasteiger partial charge is 0.356 e. The van der Waals surface area contributed by atoms with Gasteiger partial charge in [-0.2, -0.15) is 5.26 Å². The standard InChI is InChI=1S/C5H7N2O3S/c6-3-1-2-4-11(9,10)5(7)8/h1H,2,4H2,(H2,7,8). The van der Waals surface area contributed by atoms with E-state index in [0.29, 0.717) is 0 Å².